The fourth-order valence-corrected chi connectivity index (χ4v) is 2.37. The highest BCUT2D eigenvalue weighted by molar-refractivity contribution is 5.93. The number of hydrogen-bond acceptors (Lipinski definition) is 3. The van der Waals surface area contributed by atoms with Crippen LogP contribution in [-0.2, 0) is 16.0 Å². The van der Waals surface area contributed by atoms with Crippen molar-refractivity contribution in [3.05, 3.63) is 60.2 Å². The Morgan fingerprint density at radius 2 is 1.44 bits per heavy atom. The van der Waals surface area contributed by atoms with Crippen LogP contribution in [0.2, 0.25) is 0 Å². The Kier molecular flexibility index (Phi) is 7.66. The van der Waals surface area contributed by atoms with Crippen molar-refractivity contribution in [2.24, 2.45) is 0 Å². The van der Waals surface area contributed by atoms with Crippen LogP contribution in [0.15, 0.2) is 54.6 Å². The summed E-state index contributed by atoms with van der Waals surface area (Å²) in [6.45, 7) is 2.98. The third-order valence-electron chi connectivity index (χ3n) is 3.65. The number of carbonyl (C=O) groups is 2. The highest BCUT2D eigenvalue weighted by Gasteiger charge is 2.04. The van der Waals surface area contributed by atoms with Crippen LogP contribution in [0.4, 0.5) is 11.4 Å². The molecular weight excluding hydrogens is 314 g/mol. The van der Waals surface area contributed by atoms with Crippen LogP contribution in [0, 0.1) is 0 Å². The Bertz CT molecular complexity index is 669. The molecule has 25 heavy (non-hydrogen) atoms. The van der Waals surface area contributed by atoms with E-state index < -0.39 is 0 Å². The minimum absolute atomic E-state index is 0.00176. The summed E-state index contributed by atoms with van der Waals surface area (Å²) in [5, 5.41) is 8.79. The van der Waals surface area contributed by atoms with Crippen LogP contribution in [0.25, 0.3) is 0 Å². The summed E-state index contributed by atoms with van der Waals surface area (Å²) in [6, 6.07) is 17.3. The first kappa shape index (κ1) is 18.7. The number of nitrogens with one attached hydrogen (secondary N) is 3. The van der Waals surface area contributed by atoms with E-state index in [9.17, 15) is 9.59 Å². The molecule has 0 saturated heterocycles. The van der Waals surface area contributed by atoms with Crippen LogP contribution in [0.3, 0.4) is 0 Å². The average molecular weight is 339 g/mol. The standard InChI is InChI=1S/C20H25N3O2/c1-2-6-19(24)22-17-9-11-18(12-10-17)23-20(25)15-21-14-13-16-7-4-3-5-8-16/h3-5,7-12,21H,2,6,13-15H2,1H3,(H,22,24)(H,23,25). The van der Waals surface area contributed by atoms with E-state index in [1.54, 1.807) is 24.3 Å². The third-order valence-corrected chi connectivity index (χ3v) is 3.65. The van der Waals surface area contributed by atoms with Gasteiger partial charge in [0.1, 0.15) is 0 Å². The lowest BCUT2D eigenvalue weighted by atomic mass is 10.1. The maximum Gasteiger partial charge on any atom is 0.238 e. The Morgan fingerprint density at radius 1 is 0.840 bits per heavy atom. The van der Waals surface area contributed by atoms with Crippen LogP contribution >= 0.6 is 0 Å². The summed E-state index contributed by atoms with van der Waals surface area (Å²) in [5.74, 6) is -0.0854. The van der Waals surface area contributed by atoms with Gasteiger partial charge in [0.25, 0.3) is 0 Å². The molecular formula is C20H25N3O2. The zero-order valence-electron chi connectivity index (χ0n) is 14.5. The minimum atomic E-state index is -0.0872. The van der Waals surface area contributed by atoms with Gasteiger partial charge >= 0.3 is 0 Å². The van der Waals surface area contributed by atoms with Crippen molar-refractivity contribution < 1.29 is 9.59 Å². The molecule has 0 aliphatic carbocycles. The maximum atomic E-state index is 11.9. The lowest BCUT2D eigenvalue weighted by Gasteiger charge is -2.08. The van der Waals surface area contributed by atoms with Crippen LogP contribution in [0.5, 0.6) is 0 Å². The van der Waals surface area contributed by atoms with E-state index in [2.05, 4.69) is 28.1 Å². The van der Waals surface area contributed by atoms with Gasteiger partial charge in [-0.2, -0.15) is 0 Å². The molecule has 0 bridgehead atoms. The monoisotopic (exact) mass is 339 g/mol. The predicted octanol–water partition coefficient (Wildman–Crippen LogP) is 3.20. The van der Waals surface area contributed by atoms with Crippen molar-refractivity contribution >= 4 is 23.2 Å². The summed E-state index contributed by atoms with van der Waals surface area (Å²) >= 11 is 0. The lowest BCUT2D eigenvalue weighted by molar-refractivity contribution is -0.116. The normalized spacial score (nSPS) is 10.3. The summed E-state index contributed by atoms with van der Waals surface area (Å²) in [5.41, 5.74) is 2.69. The SMILES string of the molecule is CCCC(=O)Nc1ccc(NC(=O)CNCCc2ccccc2)cc1. The molecule has 0 aliphatic heterocycles. The van der Waals surface area contributed by atoms with Crippen molar-refractivity contribution in [3.63, 3.8) is 0 Å². The number of carbonyl (C=O) groups excluding carboxylic acids is 2. The maximum absolute atomic E-state index is 11.9. The fraction of sp³-hybridized carbons (Fsp3) is 0.300. The molecule has 0 fully saturated rings. The molecule has 2 aromatic carbocycles. The first-order valence-electron chi connectivity index (χ1n) is 8.62. The van der Waals surface area contributed by atoms with Gasteiger partial charge in [0, 0.05) is 17.8 Å². The average Bonchev–Trinajstić information content (AvgIpc) is 2.61. The molecule has 2 rings (SSSR count). The van der Waals surface area contributed by atoms with Gasteiger partial charge in [0.2, 0.25) is 11.8 Å². The Balaban J connectivity index is 1.68. The quantitative estimate of drug-likeness (QED) is 0.615. The minimum Gasteiger partial charge on any atom is -0.326 e. The molecule has 5 heteroatoms. The molecule has 2 amide bonds. The number of rotatable bonds is 9. The smallest absolute Gasteiger partial charge is 0.238 e. The van der Waals surface area contributed by atoms with E-state index in [1.807, 2.05) is 25.1 Å². The number of anilines is 2. The van der Waals surface area contributed by atoms with Crippen LogP contribution < -0.4 is 16.0 Å². The third kappa shape index (κ3) is 7.18. The van der Waals surface area contributed by atoms with Gasteiger partial charge in [0.05, 0.1) is 6.54 Å². The molecule has 0 unspecified atom stereocenters. The number of hydrogen-bond donors (Lipinski definition) is 3. The first-order valence-corrected chi connectivity index (χ1v) is 8.62. The molecule has 0 heterocycles. The number of amides is 2. The second-order valence-electron chi connectivity index (χ2n) is 5.84. The largest absolute Gasteiger partial charge is 0.326 e. The molecule has 0 aromatic heterocycles. The van der Waals surface area contributed by atoms with Gasteiger partial charge in [-0.05, 0) is 49.2 Å². The summed E-state index contributed by atoms with van der Waals surface area (Å²) in [6.07, 6.45) is 2.21. The second kappa shape index (κ2) is 10.3. The zero-order chi connectivity index (χ0) is 17.9. The van der Waals surface area contributed by atoms with Crippen molar-refractivity contribution in [1.82, 2.24) is 5.32 Å². The molecule has 0 atom stereocenters. The van der Waals surface area contributed by atoms with E-state index in [0.717, 1.165) is 25.1 Å². The molecule has 2 aromatic rings. The van der Waals surface area contributed by atoms with Gasteiger partial charge in [0.15, 0.2) is 0 Å². The molecule has 0 saturated carbocycles. The molecule has 5 nitrogen and oxygen atoms in total. The van der Waals surface area contributed by atoms with Crippen LogP contribution in [0.1, 0.15) is 25.3 Å². The number of benzene rings is 2. The fourth-order valence-electron chi connectivity index (χ4n) is 2.37. The van der Waals surface area contributed by atoms with Gasteiger partial charge in [-0.25, -0.2) is 0 Å². The van der Waals surface area contributed by atoms with E-state index in [-0.39, 0.29) is 18.4 Å². The lowest BCUT2D eigenvalue weighted by Crippen LogP contribution is -2.29. The summed E-state index contributed by atoms with van der Waals surface area (Å²) in [4.78, 5) is 23.5. The van der Waals surface area contributed by atoms with Crippen molar-refractivity contribution in [1.29, 1.82) is 0 Å². The van der Waals surface area contributed by atoms with Gasteiger partial charge in [-0.15, -0.1) is 0 Å². The van der Waals surface area contributed by atoms with E-state index in [1.165, 1.54) is 5.56 Å². The molecule has 132 valence electrons. The Labute approximate surface area is 148 Å². The van der Waals surface area contributed by atoms with Crippen molar-refractivity contribution in [2.75, 3.05) is 23.7 Å². The highest BCUT2D eigenvalue weighted by Crippen LogP contribution is 2.13. The second-order valence-corrected chi connectivity index (χ2v) is 5.84. The van der Waals surface area contributed by atoms with Gasteiger partial charge < -0.3 is 16.0 Å². The summed E-state index contributed by atoms with van der Waals surface area (Å²) < 4.78 is 0. The zero-order valence-corrected chi connectivity index (χ0v) is 14.5. The van der Waals surface area contributed by atoms with Crippen molar-refractivity contribution in [3.8, 4) is 0 Å². The summed E-state index contributed by atoms with van der Waals surface area (Å²) in [7, 11) is 0. The Hall–Kier alpha value is -2.66. The molecule has 0 aliphatic rings. The Morgan fingerprint density at radius 3 is 2.04 bits per heavy atom. The van der Waals surface area contributed by atoms with Gasteiger partial charge in [-0.1, -0.05) is 37.3 Å². The van der Waals surface area contributed by atoms with E-state index >= 15 is 0 Å². The molecule has 0 radical (unpaired) electrons. The van der Waals surface area contributed by atoms with E-state index in [4.69, 9.17) is 0 Å². The first-order chi connectivity index (χ1) is 12.2. The van der Waals surface area contributed by atoms with Gasteiger partial charge in [-0.3, -0.25) is 9.59 Å². The predicted molar refractivity (Wildman–Crippen MR) is 102 cm³/mol. The van der Waals surface area contributed by atoms with E-state index in [0.29, 0.717) is 12.1 Å². The molecule has 0 spiro atoms. The van der Waals surface area contributed by atoms with Crippen LogP contribution in [-0.4, -0.2) is 24.9 Å². The topological polar surface area (TPSA) is 70.2 Å². The van der Waals surface area contributed by atoms with Crippen molar-refractivity contribution in [2.45, 2.75) is 26.2 Å². The highest BCUT2D eigenvalue weighted by atomic mass is 16.2. The molecule has 3 N–H and O–H groups in total.